The summed E-state index contributed by atoms with van der Waals surface area (Å²) < 4.78 is 5.35. The molecule has 0 spiro atoms. The van der Waals surface area contributed by atoms with Crippen LogP contribution in [0.25, 0.3) is 0 Å². The Kier molecular flexibility index (Phi) is 4.41. The van der Waals surface area contributed by atoms with Gasteiger partial charge in [0.15, 0.2) is 0 Å². The number of H-pyrrole nitrogens is 1. The molecule has 0 aliphatic carbocycles. The second kappa shape index (κ2) is 5.25. The third-order valence-electron chi connectivity index (χ3n) is 1.62. The smallest absolute Gasteiger partial charge is 0.412 e. The summed E-state index contributed by atoms with van der Waals surface area (Å²) in [6.07, 6.45) is 0.857. The second-order valence-electron chi connectivity index (χ2n) is 4.29. The first-order chi connectivity index (χ1) is 7.70. The first-order valence-corrected chi connectivity index (χ1v) is 5.94. The van der Waals surface area contributed by atoms with E-state index in [1.54, 1.807) is 20.8 Å². The lowest BCUT2D eigenvalue weighted by atomic mass is 10.2. The molecule has 0 unspecified atom stereocenters. The molecule has 1 aromatic heterocycles. The molecule has 17 heavy (non-hydrogen) atoms. The Morgan fingerprint density at radius 2 is 2.06 bits per heavy atom. The van der Waals surface area contributed by atoms with Crippen LogP contribution in [0.2, 0.25) is 10.2 Å². The Balaban J connectivity index is 2.87. The summed E-state index contributed by atoms with van der Waals surface area (Å²) in [7, 11) is 0. The van der Waals surface area contributed by atoms with Gasteiger partial charge in [-0.15, -0.1) is 0 Å². The number of hydrogen-bond acceptors (Lipinski definition) is 3. The zero-order chi connectivity index (χ0) is 13.2. The van der Waals surface area contributed by atoms with Crippen LogP contribution in [0.3, 0.4) is 0 Å². The summed E-state index contributed by atoms with van der Waals surface area (Å²) in [6, 6.07) is 0. The number of rotatable bonds is 1. The number of aromatic amines is 1. The summed E-state index contributed by atoms with van der Waals surface area (Å²) in [5, 5.41) is 2.91. The summed E-state index contributed by atoms with van der Waals surface area (Å²) in [5.74, 6) is 0. The Morgan fingerprint density at radius 3 is 2.59 bits per heavy atom. The second-order valence-corrected chi connectivity index (χ2v) is 5.45. The van der Waals surface area contributed by atoms with Crippen molar-refractivity contribution in [3.63, 3.8) is 0 Å². The van der Waals surface area contributed by atoms with Crippen molar-refractivity contribution in [1.29, 1.82) is 0 Å². The van der Waals surface area contributed by atoms with E-state index in [1.807, 2.05) is 0 Å². The van der Waals surface area contributed by atoms with Gasteiger partial charge in [-0.1, -0.05) is 35.4 Å². The highest BCUT2D eigenvalue weighted by Gasteiger charge is 2.17. The molecule has 0 bridgehead atoms. The summed E-state index contributed by atoms with van der Waals surface area (Å²) in [4.78, 5) is 14.2. The van der Waals surface area contributed by atoms with E-state index >= 15 is 0 Å². The predicted octanol–water partition coefficient (Wildman–Crippen LogP) is 4.40. The summed E-state index contributed by atoms with van der Waals surface area (Å²) in [6.45, 7) is 5.30. The number of halogens is 2. The van der Waals surface area contributed by atoms with Gasteiger partial charge in [0.05, 0.1) is 15.2 Å². The van der Waals surface area contributed by atoms with Crippen molar-refractivity contribution >= 4 is 47.2 Å². The molecule has 2 N–H and O–H groups in total. The van der Waals surface area contributed by atoms with Crippen LogP contribution in [0.15, 0.2) is 6.20 Å². The number of ether oxygens (including phenoxy) is 1. The van der Waals surface area contributed by atoms with E-state index < -0.39 is 11.7 Å². The van der Waals surface area contributed by atoms with Gasteiger partial charge in [0.1, 0.15) is 10.8 Å². The third kappa shape index (κ3) is 4.18. The molecule has 1 amide bonds. The van der Waals surface area contributed by atoms with E-state index in [0.717, 1.165) is 0 Å². The van der Waals surface area contributed by atoms with Gasteiger partial charge in [-0.25, -0.2) is 4.79 Å². The third-order valence-corrected chi connectivity index (χ3v) is 2.92. The Morgan fingerprint density at radius 1 is 1.47 bits per heavy atom. The minimum atomic E-state index is -0.601. The molecule has 0 saturated carbocycles. The van der Waals surface area contributed by atoms with Gasteiger partial charge in [-0.3, -0.25) is 5.32 Å². The maximum atomic E-state index is 11.5. The lowest BCUT2D eigenvalue weighted by molar-refractivity contribution is 0.0636. The maximum Gasteiger partial charge on any atom is 0.412 e. The molecule has 94 valence electrons. The molecule has 1 heterocycles. The Labute approximate surface area is 114 Å². The molecule has 7 heteroatoms. The van der Waals surface area contributed by atoms with E-state index in [9.17, 15) is 4.79 Å². The van der Waals surface area contributed by atoms with Crippen molar-refractivity contribution in [2.24, 2.45) is 0 Å². The fourth-order valence-corrected chi connectivity index (χ4v) is 1.56. The monoisotopic (exact) mass is 294 g/mol. The van der Waals surface area contributed by atoms with Crippen molar-refractivity contribution in [3.8, 4) is 0 Å². The average Bonchev–Trinajstić information content (AvgIpc) is 2.16. The van der Waals surface area contributed by atoms with E-state index in [4.69, 9.17) is 40.2 Å². The van der Waals surface area contributed by atoms with Crippen LogP contribution in [0.4, 0.5) is 10.5 Å². The number of aromatic nitrogens is 1. The van der Waals surface area contributed by atoms with Gasteiger partial charge in [-0.2, -0.15) is 0 Å². The molecule has 0 atom stereocenters. The zero-order valence-electron chi connectivity index (χ0n) is 9.56. The molecule has 0 saturated heterocycles. The Bertz CT molecular complexity index is 494. The summed E-state index contributed by atoms with van der Waals surface area (Å²) in [5.41, 5.74) is -0.227. The lowest BCUT2D eigenvalue weighted by Crippen LogP contribution is -2.27. The van der Waals surface area contributed by atoms with Gasteiger partial charge in [0, 0.05) is 6.20 Å². The van der Waals surface area contributed by atoms with Crippen LogP contribution < -0.4 is 5.32 Å². The van der Waals surface area contributed by atoms with E-state index in [-0.39, 0.29) is 14.7 Å². The van der Waals surface area contributed by atoms with Crippen molar-refractivity contribution in [1.82, 2.24) is 4.98 Å². The van der Waals surface area contributed by atoms with Crippen LogP contribution in [0.1, 0.15) is 20.8 Å². The van der Waals surface area contributed by atoms with E-state index in [1.165, 1.54) is 6.20 Å². The van der Waals surface area contributed by atoms with Crippen LogP contribution in [-0.4, -0.2) is 16.7 Å². The molecule has 0 aromatic carbocycles. The standard InChI is InChI=1S/C10H12Cl2N2O2S/c1-10(2,3)16-9(15)14-5-4-13-8(12)6(11)7(5)17/h4H,1-3H3,(H,13,17)(H,14,15). The predicted molar refractivity (Wildman–Crippen MR) is 71.5 cm³/mol. The largest absolute Gasteiger partial charge is 0.444 e. The van der Waals surface area contributed by atoms with Gasteiger partial charge in [0.25, 0.3) is 0 Å². The minimum absolute atomic E-state index is 0.190. The van der Waals surface area contributed by atoms with Crippen LogP contribution in [-0.2, 0) is 4.74 Å². The molecule has 0 aliphatic heterocycles. The van der Waals surface area contributed by atoms with Crippen molar-refractivity contribution in [2.75, 3.05) is 5.32 Å². The van der Waals surface area contributed by atoms with Crippen LogP contribution in [0, 0.1) is 4.51 Å². The quantitative estimate of drug-likeness (QED) is 0.596. The van der Waals surface area contributed by atoms with Crippen molar-refractivity contribution in [2.45, 2.75) is 26.4 Å². The number of pyridine rings is 1. The SMILES string of the molecule is CC(C)(C)OC(=O)Nc1c[nH]c(Cl)c(Cl)c1=S. The maximum absolute atomic E-state index is 11.5. The highest BCUT2D eigenvalue weighted by molar-refractivity contribution is 7.71. The van der Waals surface area contributed by atoms with Crippen LogP contribution >= 0.6 is 35.4 Å². The first-order valence-electron chi connectivity index (χ1n) is 4.77. The molecular formula is C10H12Cl2N2O2S. The highest BCUT2D eigenvalue weighted by Crippen LogP contribution is 2.25. The number of carbonyl (C=O) groups excluding carboxylic acids is 1. The number of hydrogen-bond donors (Lipinski definition) is 2. The fourth-order valence-electron chi connectivity index (χ4n) is 0.989. The number of nitrogens with one attached hydrogen (secondary N) is 2. The first kappa shape index (κ1) is 14.3. The lowest BCUT2D eigenvalue weighted by Gasteiger charge is -2.19. The molecule has 0 radical (unpaired) electrons. The molecule has 0 aliphatic rings. The molecule has 0 fully saturated rings. The van der Waals surface area contributed by atoms with Gasteiger partial charge < -0.3 is 9.72 Å². The molecular weight excluding hydrogens is 283 g/mol. The highest BCUT2D eigenvalue weighted by atomic mass is 35.5. The van der Waals surface area contributed by atoms with Crippen LogP contribution in [0.5, 0.6) is 0 Å². The van der Waals surface area contributed by atoms with E-state index in [0.29, 0.717) is 5.69 Å². The van der Waals surface area contributed by atoms with E-state index in [2.05, 4.69) is 10.3 Å². The zero-order valence-corrected chi connectivity index (χ0v) is 11.9. The molecule has 1 aromatic rings. The number of anilines is 1. The average molecular weight is 295 g/mol. The Hall–Kier alpha value is -0.780. The van der Waals surface area contributed by atoms with Gasteiger partial charge in [0.2, 0.25) is 0 Å². The topological polar surface area (TPSA) is 54.1 Å². The molecule has 4 nitrogen and oxygen atoms in total. The van der Waals surface area contributed by atoms with Crippen molar-refractivity contribution < 1.29 is 9.53 Å². The fraction of sp³-hybridized carbons (Fsp3) is 0.400. The normalized spacial score (nSPS) is 11.1. The number of amides is 1. The number of carbonyl (C=O) groups is 1. The minimum Gasteiger partial charge on any atom is -0.444 e. The van der Waals surface area contributed by atoms with Gasteiger partial charge >= 0.3 is 6.09 Å². The summed E-state index contributed by atoms with van der Waals surface area (Å²) >= 11 is 16.6. The van der Waals surface area contributed by atoms with Gasteiger partial charge in [-0.05, 0) is 20.8 Å². The molecule has 1 rings (SSSR count). The van der Waals surface area contributed by atoms with Crippen molar-refractivity contribution in [3.05, 3.63) is 20.9 Å².